The summed E-state index contributed by atoms with van der Waals surface area (Å²) in [5.74, 6) is -4.58. The lowest BCUT2D eigenvalue weighted by molar-refractivity contribution is -0.255. The van der Waals surface area contributed by atoms with E-state index in [2.05, 4.69) is 4.98 Å². The maximum absolute atomic E-state index is 14.5. The van der Waals surface area contributed by atoms with Gasteiger partial charge in [0.1, 0.15) is 11.4 Å². The fourth-order valence-electron chi connectivity index (χ4n) is 4.12. The van der Waals surface area contributed by atoms with Crippen molar-refractivity contribution in [3.05, 3.63) is 77.6 Å². The van der Waals surface area contributed by atoms with Crippen LogP contribution < -0.4 is 14.7 Å². The fourth-order valence-corrected chi connectivity index (χ4v) is 4.12. The zero-order chi connectivity index (χ0) is 31.0. The van der Waals surface area contributed by atoms with Gasteiger partial charge in [-0.3, -0.25) is 9.30 Å². The number of pyridine rings is 1. The Labute approximate surface area is 236 Å². The van der Waals surface area contributed by atoms with Gasteiger partial charge in [0.25, 0.3) is 0 Å². The Kier molecular flexibility index (Phi) is 8.15. The third-order valence-corrected chi connectivity index (χ3v) is 5.97. The van der Waals surface area contributed by atoms with Gasteiger partial charge in [0.05, 0.1) is 36.2 Å². The lowest BCUT2D eigenvalue weighted by Gasteiger charge is -2.28. The van der Waals surface area contributed by atoms with Crippen molar-refractivity contribution < 1.29 is 46.1 Å². The summed E-state index contributed by atoms with van der Waals surface area (Å²) in [7, 11) is 0. The molecule has 4 aromatic rings. The van der Waals surface area contributed by atoms with E-state index in [4.69, 9.17) is 9.47 Å². The highest BCUT2D eigenvalue weighted by Crippen LogP contribution is 2.36. The van der Waals surface area contributed by atoms with E-state index in [0.29, 0.717) is 16.8 Å². The highest BCUT2D eigenvalue weighted by atomic mass is 19.4. The summed E-state index contributed by atoms with van der Waals surface area (Å²) in [6, 6.07) is 8.72. The standard InChI is InChI=1S/C29H26F5N3O5/c1-16-12-17(8-9-19(16)26(38)39)22-14-35-25-21(36(11-10-29(32,33)34)27(40)42-28(2,3)4)13-18(15-37(22)25)41-23-7-5-6-20(30)24(23)31/h5-9,12-15H,10-11H2,1-4H3,(H,38,39)/p-1. The average molecular weight is 591 g/mol. The molecule has 2 heterocycles. The molecule has 222 valence electrons. The van der Waals surface area contributed by atoms with Gasteiger partial charge < -0.3 is 19.4 Å². The van der Waals surface area contributed by atoms with Gasteiger partial charge in [0, 0.05) is 23.7 Å². The number of aromatic nitrogens is 2. The van der Waals surface area contributed by atoms with Crippen LogP contribution in [0.3, 0.4) is 0 Å². The number of benzene rings is 2. The van der Waals surface area contributed by atoms with Crippen molar-refractivity contribution in [3.8, 4) is 22.8 Å². The molecule has 0 saturated carbocycles. The van der Waals surface area contributed by atoms with Gasteiger partial charge >= 0.3 is 12.3 Å². The van der Waals surface area contributed by atoms with E-state index < -0.39 is 54.2 Å². The minimum absolute atomic E-state index is 0.00623. The molecule has 1 amide bonds. The van der Waals surface area contributed by atoms with Crippen molar-refractivity contribution >= 4 is 23.4 Å². The molecule has 0 fully saturated rings. The van der Waals surface area contributed by atoms with E-state index in [1.165, 1.54) is 47.1 Å². The second-order valence-corrected chi connectivity index (χ2v) is 10.4. The van der Waals surface area contributed by atoms with Gasteiger partial charge in [0.2, 0.25) is 5.82 Å². The number of halogens is 5. The number of hydrogen-bond donors (Lipinski definition) is 0. The zero-order valence-corrected chi connectivity index (χ0v) is 22.9. The first kappa shape index (κ1) is 30.3. The van der Waals surface area contributed by atoms with Crippen LogP contribution in [0.4, 0.5) is 32.4 Å². The van der Waals surface area contributed by atoms with E-state index in [-0.39, 0.29) is 22.6 Å². The molecule has 0 radical (unpaired) electrons. The lowest BCUT2D eigenvalue weighted by atomic mass is 10.0. The Bertz CT molecular complexity index is 1660. The highest BCUT2D eigenvalue weighted by molar-refractivity contribution is 5.94. The minimum Gasteiger partial charge on any atom is -0.545 e. The van der Waals surface area contributed by atoms with Crippen LogP contribution in [0.15, 0.2) is 54.9 Å². The molecular formula is C29H25F5N3O5-. The van der Waals surface area contributed by atoms with Gasteiger partial charge in [-0.2, -0.15) is 17.6 Å². The summed E-state index contributed by atoms with van der Waals surface area (Å²) in [5, 5.41) is 11.4. The Morgan fingerprint density at radius 3 is 2.40 bits per heavy atom. The van der Waals surface area contributed by atoms with Crippen LogP contribution in [-0.4, -0.2) is 39.8 Å². The highest BCUT2D eigenvalue weighted by Gasteiger charge is 2.33. The number of imidazole rings is 1. The number of nitrogens with zero attached hydrogens (tertiary/aromatic N) is 3. The normalized spacial score (nSPS) is 11.9. The summed E-state index contributed by atoms with van der Waals surface area (Å²) in [5.41, 5.74) is -0.154. The minimum atomic E-state index is -4.63. The summed E-state index contributed by atoms with van der Waals surface area (Å²) in [6.07, 6.45) is -4.45. The molecule has 0 aliphatic carbocycles. The molecule has 0 bridgehead atoms. The van der Waals surface area contributed by atoms with Crippen LogP contribution in [0.2, 0.25) is 0 Å². The predicted octanol–water partition coefficient (Wildman–Crippen LogP) is 6.44. The summed E-state index contributed by atoms with van der Waals surface area (Å²) in [4.78, 5) is 29.6. The van der Waals surface area contributed by atoms with Crippen LogP contribution in [0.5, 0.6) is 11.5 Å². The molecule has 0 aliphatic rings. The van der Waals surface area contributed by atoms with Crippen LogP contribution >= 0.6 is 0 Å². The first-order valence-corrected chi connectivity index (χ1v) is 12.6. The van der Waals surface area contributed by atoms with Crippen molar-refractivity contribution in [2.24, 2.45) is 0 Å². The van der Waals surface area contributed by atoms with Gasteiger partial charge in [-0.05, 0) is 51.5 Å². The fraction of sp³-hybridized carbons (Fsp3) is 0.276. The number of fused-ring (bicyclic) bond motifs is 1. The predicted molar refractivity (Wildman–Crippen MR) is 140 cm³/mol. The van der Waals surface area contributed by atoms with Crippen LogP contribution in [-0.2, 0) is 4.74 Å². The van der Waals surface area contributed by atoms with E-state index in [1.54, 1.807) is 27.7 Å². The molecule has 2 aromatic heterocycles. The van der Waals surface area contributed by atoms with E-state index in [1.807, 2.05) is 0 Å². The van der Waals surface area contributed by atoms with Crippen molar-refractivity contribution in [2.75, 3.05) is 11.4 Å². The number of carbonyl (C=O) groups excluding carboxylic acids is 2. The number of carboxylic acids is 1. The molecule has 8 nitrogen and oxygen atoms in total. The van der Waals surface area contributed by atoms with E-state index in [0.717, 1.165) is 17.0 Å². The van der Waals surface area contributed by atoms with Crippen molar-refractivity contribution in [2.45, 2.75) is 45.9 Å². The molecule has 0 saturated heterocycles. The zero-order valence-electron chi connectivity index (χ0n) is 22.9. The topological polar surface area (TPSA) is 96.2 Å². The number of carbonyl (C=O) groups is 2. The Balaban J connectivity index is 1.94. The number of amides is 1. The molecular weight excluding hydrogens is 565 g/mol. The van der Waals surface area contributed by atoms with Gasteiger partial charge in [-0.25, -0.2) is 14.2 Å². The first-order chi connectivity index (χ1) is 19.5. The van der Waals surface area contributed by atoms with E-state index in [9.17, 15) is 36.6 Å². The number of ether oxygens (including phenoxy) is 2. The largest absolute Gasteiger partial charge is 0.545 e. The molecule has 0 unspecified atom stereocenters. The molecule has 0 atom stereocenters. The molecule has 42 heavy (non-hydrogen) atoms. The van der Waals surface area contributed by atoms with Crippen LogP contribution in [0.25, 0.3) is 16.9 Å². The molecule has 0 spiro atoms. The average Bonchev–Trinajstić information content (AvgIpc) is 3.29. The summed E-state index contributed by atoms with van der Waals surface area (Å²) in [6.45, 7) is 5.32. The molecule has 13 heteroatoms. The molecule has 2 aromatic carbocycles. The number of aromatic carboxylic acids is 1. The number of anilines is 1. The third-order valence-electron chi connectivity index (χ3n) is 5.97. The van der Waals surface area contributed by atoms with Crippen molar-refractivity contribution in [1.29, 1.82) is 0 Å². The monoisotopic (exact) mass is 590 g/mol. The molecule has 0 N–H and O–H groups in total. The van der Waals surface area contributed by atoms with Crippen LogP contribution in [0, 0.1) is 18.6 Å². The van der Waals surface area contributed by atoms with Gasteiger partial charge in [0.15, 0.2) is 17.2 Å². The first-order valence-electron chi connectivity index (χ1n) is 12.6. The third kappa shape index (κ3) is 6.78. The van der Waals surface area contributed by atoms with Crippen molar-refractivity contribution in [3.63, 3.8) is 0 Å². The number of carboxylic acid groups (broad SMARTS) is 1. The maximum atomic E-state index is 14.5. The Morgan fingerprint density at radius 2 is 1.79 bits per heavy atom. The molecule has 4 rings (SSSR count). The maximum Gasteiger partial charge on any atom is 0.414 e. The second-order valence-electron chi connectivity index (χ2n) is 10.4. The van der Waals surface area contributed by atoms with Crippen LogP contribution in [0.1, 0.15) is 43.1 Å². The second kappa shape index (κ2) is 11.3. The summed E-state index contributed by atoms with van der Waals surface area (Å²) >= 11 is 0. The quantitative estimate of drug-likeness (QED) is 0.230. The van der Waals surface area contributed by atoms with Gasteiger partial charge in [-0.15, -0.1) is 0 Å². The van der Waals surface area contributed by atoms with E-state index >= 15 is 0 Å². The summed E-state index contributed by atoms with van der Waals surface area (Å²) < 4.78 is 80.6. The Hall–Kier alpha value is -4.68. The number of hydrogen-bond acceptors (Lipinski definition) is 6. The Morgan fingerprint density at radius 1 is 1.07 bits per heavy atom. The van der Waals surface area contributed by atoms with Gasteiger partial charge in [-0.1, -0.05) is 18.2 Å². The van der Waals surface area contributed by atoms with Crippen molar-refractivity contribution in [1.82, 2.24) is 9.38 Å². The lowest BCUT2D eigenvalue weighted by Crippen LogP contribution is -2.39. The smallest absolute Gasteiger partial charge is 0.414 e. The number of alkyl halides is 3. The number of aryl methyl sites for hydroxylation is 1. The number of rotatable bonds is 7. The SMILES string of the molecule is Cc1cc(-c2cnc3c(N(CCC(F)(F)F)C(=O)OC(C)(C)C)cc(Oc4cccc(F)c4F)cn23)ccc1C(=O)[O-]. The molecule has 0 aliphatic heterocycles.